The minimum absolute atomic E-state index is 0.0280. The van der Waals surface area contributed by atoms with Crippen LogP contribution in [-0.2, 0) is 11.3 Å². The maximum atomic E-state index is 12.4. The van der Waals surface area contributed by atoms with Gasteiger partial charge in [0.15, 0.2) is 5.69 Å². The topological polar surface area (TPSA) is 91.8 Å². The second-order valence-corrected chi connectivity index (χ2v) is 6.16. The fraction of sp³-hybridized carbons (Fsp3) is 0.267. The first-order chi connectivity index (χ1) is 11.5. The number of aromatic nitrogens is 1. The van der Waals surface area contributed by atoms with Gasteiger partial charge in [-0.15, -0.1) is 11.3 Å². The highest BCUT2D eigenvalue weighted by molar-refractivity contribution is 7.09. The molecule has 9 heteroatoms. The summed E-state index contributed by atoms with van der Waals surface area (Å²) >= 11 is 7.01. The van der Waals surface area contributed by atoms with Gasteiger partial charge in [0.05, 0.1) is 13.2 Å². The van der Waals surface area contributed by atoms with Crippen molar-refractivity contribution in [2.75, 3.05) is 25.6 Å². The first kappa shape index (κ1) is 18.2. The molecule has 7 nitrogen and oxygen atoms in total. The predicted molar refractivity (Wildman–Crippen MR) is 91.8 cm³/mol. The van der Waals surface area contributed by atoms with Crippen molar-refractivity contribution in [3.8, 4) is 0 Å². The van der Waals surface area contributed by atoms with Crippen molar-refractivity contribution in [1.82, 2.24) is 9.88 Å². The Morgan fingerprint density at radius 2 is 2.08 bits per heavy atom. The van der Waals surface area contributed by atoms with E-state index in [1.807, 2.05) is 0 Å². The molecule has 1 aromatic carbocycles. The lowest BCUT2D eigenvalue weighted by atomic mass is 10.3. The average molecular weight is 370 g/mol. The van der Waals surface area contributed by atoms with E-state index in [-0.39, 0.29) is 18.3 Å². The zero-order valence-electron chi connectivity index (χ0n) is 12.9. The second-order valence-electron chi connectivity index (χ2n) is 4.78. The smallest absolute Gasteiger partial charge is 0.355 e. The van der Waals surface area contributed by atoms with Gasteiger partial charge in [-0.2, -0.15) is 0 Å². The van der Waals surface area contributed by atoms with Crippen LogP contribution in [0.2, 0.25) is 5.02 Å². The molecule has 0 aliphatic carbocycles. The molecule has 2 amide bonds. The van der Waals surface area contributed by atoms with Crippen LogP contribution in [0.1, 0.15) is 15.5 Å². The van der Waals surface area contributed by atoms with Crippen molar-refractivity contribution in [3.05, 3.63) is 45.4 Å². The van der Waals surface area contributed by atoms with Crippen molar-refractivity contribution in [2.45, 2.75) is 6.54 Å². The molecule has 2 aromatic rings. The minimum atomic E-state index is -1.09. The van der Waals surface area contributed by atoms with Crippen LogP contribution in [-0.4, -0.2) is 47.3 Å². The van der Waals surface area contributed by atoms with Gasteiger partial charge < -0.3 is 20.1 Å². The fourth-order valence-corrected chi connectivity index (χ4v) is 2.74. The van der Waals surface area contributed by atoms with Gasteiger partial charge in [0.1, 0.15) is 5.01 Å². The van der Waals surface area contributed by atoms with E-state index >= 15 is 0 Å². The number of nitrogens with zero attached hydrogens (tertiary/aromatic N) is 2. The molecule has 2 rings (SSSR count). The molecular formula is C15H16ClN3O4S. The number of carbonyl (C=O) groups is 2. The van der Waals surface area contributed by atoms with Crippen LogP contribution in [0.3, 0.4) is 0 Å². The van der Waals surface area contributed by atoms with Crippen molar-refractivity contribution < 1.29 is 19.4 Å². The van der Waals surface area contributed by atoms with Gasteiger partial charge in [0.2, 0.25) is 0 Å². The number of rotatable bonds is 7. The van der Waals surface area contributed by atoms with Gasteiger partial charge >= 0.3 is 12.0 Å². The van der Waals surface area contributed by atoms with Crippen LogP contribution in [0.15, 0.2) is 29.6 Å². The van der Waals surface area contributed by atoms with Gasteiger partial charge in [0, 0.05) is 29.7 Å². The van der Waals surface area contributed by atoms with Crippen molar-refractivity contribution >= 4 is 40.6 Å². The summed E-state index contributed by atoms with van der Waals surface area (Å²) in [6, 6.07) is 6.41. The van der Waals surface area contributed by atoms with E-state index in [1.54, 1.807) is 31.4 Å². The molecule has 2 N–H and O–H groups in total. The molecule has 0 saturated carbocycles. The average Bonchev–Trinajstić information content (AvgIpc) is 3.02. The number of aromatic carboxylic acids is 1. The van der Waals surface area contributed by atoms with Gasteiger partial charge in [-0.3, -0.25) is 0 Å². The van der Waals surface area contributed by atoms with Crippen LogP contribution in [0.25, 0.3) is 0 Å². The molecule has 0 aliphatic heterocycles. The number of amides is 2. The van der Waals surface area contributed by atoms with Crippen molar-refractivity contribution in [1.29, 1.82) is 0 Å². The Kier molecular flexibility index (Phi) is 6.53. The fourth-order valence-electron chi connectivity index (χ4n) is 1.83. The maximum absolute atomic E-state index is 12.4. The van der Waals surface area contributed by atoms with Gasteiger partial charge in [-0.25, -0.2) is 14.6 Å². The number of anilines is 1. The summed E-state index contributed by atoms with van der Waals surface area (Å²) in [4.78, 5) is 28.8. The monoisotopic (exact) mass is 369 g/mol. The number of thiazole rings is 1. The van der Waals surface area contributed by atoms with Gasteiger partial charge in [-0.05, 0) is 24.3 Å². The van der Waals surface area contributed by atoms with E-state index in [9.17, 15) is 9.59 Å². The third-order valence-corrected chi connectivity index (χ3v) is 4.13. The van der Waals surface area contributed by atoms with Crippen LogP contribution in [0, 0.1) is 0 Å². The Bertz CT molecular complexity index is 705. The van der Waals surface area contributed by atoms with Crippen LogP contribution in [0.4, 0.5) is 10.5 Å². The number of methoxy groups -OCH3 is 1. The Morgan fingerprint density at radius 1 is 1.38 bits per heavy atom. The molecule has 0 spiro atoms. The number of urea groups is 1. The maximum Gasteiger partial charge on any atom is 0.355 e. The normalized spacial score (nSPS) is 10.4. The zero-order valence-corrected chi connectivity index (χ0v) is 14.4. The van der Waals surface area contributed by atoms with E-state index in [4.69, 9.17) is 21.4 Å². The number of carboxylic acid groups (broad SMARTS) is 1. The molecule has 0 bridgehead atoms. The van der Waals surface area contributed by atoms with E-state index in [0.29, 0.717) is 28.9 Å². The summed E-state index contributed by atoms with van der Waals surface area (Å²) < 4.78 is 5.02. The molecule has 1 aromatic heterocycles. The minimum Gasteiger partial charge on any atom is -0.476 e. The first-order valence-corrected chi connectivity index (χ1v) is 8.23. The number of ether oxygens (including phenoxy) is 1. The Hall–Kier alpha value is -2.16. The quantitative estimate of drug-likeness (QED) is 0.782. The number of carbonyl (C=O) groups excluding carboxylic acids is 1. The van der Waals surface area contributed by atoms with E-state index < -0.39 is 5.97 Å². The molecule has 0 atom stereocenters. The predicted octanol–water partition coefficient (Wildman–Crippen LogP) is 3.18. The number of carboxylic acids is 1. The summed E-state index contributed by atoms with van der Waals surface area (Å²) in [6.45, 7) is 0.893. The summed E-state index contributed by atoms with van der Waals surface area (Å²) in [5.74, 6) is -1.09. The van der Waals surface area contributed by atoms with E-state index in [2.05, 4.69) is 10.3 Å². The SMILES string of the molecule is COCCN(Cc1nc(C(=O)O)cs1)C(=O)Nc1ccc(Cl)cc1. The number of nitrogens with one attached hydrogen (secondary N) is 1. The largest absolute Gasteiger partial charge is 0.476 e. The molecule has 0 aliphatic rings. The molecule has 0 radical (unpaired) electrons. The third kappa shape index (κ3) is 5.19. The summed E-state index contributed by atoms with van der Waals surface area (Å²) in [6.07, 6.45) is 0. The molecule has 0 saturated heterocycles. The highest BCUT2D eigenvalue weighted by Gasteiger charge is 2.17. The number of hydrogen-bond acceptors (Lipinski definition) is 5. The van der Waals surface area contributed by atoms with Crippen LogP contribution < -0.4 is 5.32 Å². The molecule has 0 unspecified atom stereocenters. The summed E-state index contributed by atoms with van der Waals surface area (Å²) in [7, 11) is 1.54. The molecule has 24 heavy (non-hydrogen) atoms. The number of hydrogen-bond donors (Lipinski definition) is 2. The van der Waals surface area contributed by atoms with Gasteiger partial charge in [0.25, 0.3) is 0 Å². The van der Waals surface area contributed by atoms with Crippen molar-refractivity contribution in [3.63, 3.8) is 0 Å². The summed E-state index contributed by atoms with van der Waals surface area (Å²) in [5.41, 5.74) is 0.581. The Labute approximate surface area is 147 Å². The van der Waals surface area contributed by atoms with Crippen LogP contribution in [0.5, 0.6) is 0 Å². The third-order valence-electron chi connectivity index (χ3n) is 3.05. The van der Waals surface area contributed by atoms with E-state index in [0.717, 1.165) is 0 Å². The van der Waals surface area contributed by atoms with E-state index in [1.165, 1.54) is 21.6 Å². The highest BCUT2D eigenvalue weighted by Crippen LogP contribution is 2.16. The molecular weight excluding hydrogens is 354 g/mol. The molecule has 0 fully saturated rings. The van der Waals surface area contributed by atoms with Crippen molar-refractivity contribution in [2.24, 2.45) is 0 Å². The molecule has 128 valence electrons. The standard InChI is InChI=1S/C15H16ClN3O4S/c1-23-7-6-19(8-13-18-12(9-24-13)14(20)21)15(22)17-11-4-2-10(16)3-5-11/h2-5,9H,6-8H2,1H3,(H,17,22)(H,20,21). The lowest BCUT2D eigenvalue weighted by Gasteiger charge is -2.21. The first-order valence-electron chi connectivity index (χ1n) is 6.97. The lowest BCUT2D eigenvalue weighted by molar-refractivity contribution is 0.0691. The lowest BCUT2D eigenvalue weighted by Crippen LogP contribution is -2.36. The van der Waals surface area contributed by atoms with Gasteiger partial charge in [-0.1, -0.05) is 11.6 Å². The number of halogens is 1. The summed E-state index contributed by atoms with van der Waals surface area (Å²) in [5, 5.41) is 14.2. The van der Waals surface area contributed by atoms with Crippen LogP contribution >= 0.6 is 22.9 Å². The Balaban J connectivity index is 2.06. The second kappa shape index (κ2) is 8.62. The molecule has 1 heterocycles. The zero-order chi connectivity index (χ0) is 17.5. The number of benzene rings is 1. The highest BCUT2D eigenvalue weighted by atomic mass is 35.5. The Morgan fingerprint density at radius 3 is 2.67 bits per heavy atom.